The van der Waals surface area contributed by atoms with E-state index in [-0.39, 0.29) is 24.4 Å². The highest BCUT2D eigenvalue weighted by Gasteiger charge is 2.20. The Morgan fingerprint density at radius 2 is 2.20 bits per heavy atom. The number of allylic oxidation sites excluding steroid dienone is 2. The molecule has 1 aliphatic rings. The lowest BCUT2D eigenvalue weighted by Gasteiger charge is -2.16. The zero-order valence-electron chi connectivity index (χ0n) is 11.7. The molecule has 1 aliphatic carbocycles. The molecule has 0 fully saturated rings. The van der Waals surface area contributed by atoms with Crippen molar-refractivity contribution < 1.29 is 9.53 Å². The first-order chi connectivity index (χ1) is 9.56. The normalized spacial score (nSPS) is 17.8. The molecular formula is C13H19N5O2. The van der Waals surface area contributed by atoms with Gasteiger partial charge in [0, 0.05) is 14.1 Å². The number of nitrogen functional groups attached to an aromatic ring is 1. The van der Waals surface area contributed by atoms with Gasteiger partial charge in [0.1, 0.15) is 0 Å². The molecule has 1 atom stereocenters. The molecule has 0 saturated carbocycles. The molecule has 0 spiro atoms. The fourth-order valence-corrected chi connectivity index (χ4v) is 1.95. The first kappa shape index (κ1) is 14.2. The Balaban J connectivity index is 1.96. The molecule has 1 heterocycles. The molecule has 1 aromatic rings. The number of nitrogens with zero attached hydrogens (tertiary/aromatic N) is 4. The van der Waals surface area contributed by atoms with E-state index >= 15 is 0 Å². The van der Waals surface area contributed by atoms with Crippen molar-refractivity contribution in [3.05, 3.63) is 18.0 Å². The second kappa shape index (κ2) is 6.31. The van der Waals surface area contributed by atoms with Crippen molar-refractivity contribution in [3.8, 4) is 0 Å². The number of rotatable bonds is 4. The molecule has 2 rings (SSSR count). The highest BCUT2D eigenvalue weighted by Crippen LogP contribution is 2.19. The van der Waals surface area contributed by atoms with E-state index in [0.29, 0.717) is 11.8 Å². The van der Waals surface area contributed by atoms with Crippen LogP contribution in [0.2, 0.25) is 0 Å². The number of carbonyl (C=O) groups excluding carboxylic acids is 1. The van der Waals surface area contributed by atoms with Crippen molar-refractivity contribution in [2.45, 2.75) is 25.9 Å². The summed E-state index contributed by atoms with van der Waals surface area (Å²) in [4.78, 5) is 25.8. The highest BCUT2D eigenvalue weighted by atomic mass is 16.5. The third kappa shape index (κ3) is 3.66. The Morgan fingerprint density at radius 1 is 1.40 bits per heavy atom. The van der Waals surface area contributed by atoms with Crippen LogP contribution in [0.1, 0.15) is 25.1 Å². The summed E-state index contributed by atoms with van der Waals surface area (Å²) in [6, 6.07) is 0. The van der Waals surface area contributed by atoms with Crippen LogP contribution in [0.15, 0.2) is 12.2 Å². The fraction of sp³-hybridized carbons (Fsp3) is 0.538. The van der Waals surface area contributed by atoms with E-state index in [1.807, 2.05) is 6.08 Å². The number of aromatic nitrogens is 3. The minimum atomic E-state index is -0.209. The molecule has 0 aliphatic heterocycles. The summed E-state index contributed by atoms with van der Waals surface area (Å²) in [5.41, 5.74) is 5.61. The molecule has 0 amide bonds. The first-order valence-corrected chi connectivity index (χ1v) is 6.55. The smallest absolute Gasteiger partial charge is 0.309 e. The maximum absolute atomic E-state index is 11.9. The van der Waals surface area contributed by atoms with Crippen molar-refractivity contribution in [1.29, 1.82) is 0 Å². The van der Waals surface area contributed by atoms with Gasteiger partial charge in [-0.15, -0.1) is 0 Å². The van der Waals surface area contributed by atoms with Gasteiger partial charge >= 0.3 is 5.97 Å². The van der Waals surface area contributed by atoms with E-state index in [1.165, 1.54) is 0 Å². The maximum atomic E-state index is 11.9. The number of hydrogen-bond donors (Lipinski definition) is 1. The summed E-state index contributed by atoms with van der Waals surface area (Å²) in [6.45, 7) is 0.0204. The third-order valence-electron chi connectivity index (χ3n) is 3.03. The van der Waals surface area contributed by atoms with Gasteiger partial charge in [-0.05, 0) is 19.3 Å². The van der Waals surface area contributed by atoms with Crippen molar-refractivity contribution in [2.24, 2.45) is 5.92 Å². The van der Waals surface area contributed by atoms with Crippen molar-refractivity contribution >= 4 is 17.9 Å². The predicted octanol–water partition coefficient (Wildman–Crippen LogP) is 0.919. The van der Waals surface area contributed by atoms with E-state index in [1.54, 1.807) is 19.0 Å². The van der Waals surface area contributed by atoms with Crippen LogP contribution in [-0.4, -0.2) is 35.0 Å². The Morgan fingerprint density at radius 3 is 2.85 bits per heavy atom. The van der Waals surface area contributed by atoms with Gasteiger partial charge in [-0.1, -0.05) is 12.2 Å². The van der Waals surface area contributed by atoms with E-state index in [2.05, 4.69) is 21.0 Å². The van der Waals surface area contributed by atoms with Gasteiger partial charge in [-0.2, -0.15) is 15.0 Å². The standard InChI is InChI=1S/C13H19N5O2/c1-18(2)13-16-10(15-12(14)17-13)8-20-11(19)9-6-4-3-5-7-9/h3-4,9H,5-8H2,1-2H3,(H2,14,15,16,17)/t9-/m1/s1. The number of carbonyl (C=O) groups is 1. The lowest BCUT2D eigenvalue weighted by molar-refractivity contribution is -0.150. The van der Waals surface area contributed by atoms with Crippen LogP contribution in [-0.2, 0) is 16.1 Å². The van der Waals surface area contributed by atoms with Crippen LogP contribution < -0.4 is 10.6 Å². The topological polar surface area (TPSA) is 94.2 Å². The van der Waals surface area contributed by atoms with E-state index in [4.69, 9.17) is 10.5 Å². The average molecular weight is 277 g/mol. The van der Waals surface area contributed by atoms with Crippen molar-refractivity contribution in [2.75, 3.05) is 24.7 Å². The molecule has 0 bridgehead atoms. The van der Waals surface area contributed by atoms with Gasteiger partial charge < -0.3 is 15.4 Å². The summed E-state index contributed by atoms with van der Waals surface area (Å²) in [7, 11) is 3.61. The van der Waals surface area contributed by atoms with Crippen molar-refractivity contribution in [1.82, 2.24) is 15.0 Å². The zero-order valence-corrected chi connectivity index (χ0v) is 11.7. The number of nitrogens with two attached hydrogens (primary N) is 1. The predicted molar refractivity (Wildman–Crippen MR) is 74.8 cm³/mol. The minimum Gasteiger partial charge on any atom is -0.457 e. The van der Waals surface area contributed by atoms with E-state index < -0.39 is 0 Å². The molecule has 7 heteroatoms. The molecular weight excluding hydrogens is 258 g/mol. The Hall–Kier alpha value is -2.18. The number of hydrogen-bond acceptors (Lipinski definition) is 7. The largest absolute Gasteiger partial charge is 0.457 e. The van der Waals surface area contributed by atoms with Crippen molar-refractivity contribution in [3.63, 3.8) is 0 Å². The summed E-state index contributed by atoms with van der Waals surface area (Å²) in [5, 5.41) is 0. The monoisotopic (exact) mass is 277 g/mol. The molecule has 0 radical (unpaired) electrons. The SMILES string of the molecule is CN(C)c1nc(N)nc(COC(=O)[C@@H]2CC=CCC2)n1. The van der Waals surface area contributed by atoms with Gasteiger partial charge in [0.15, 0.2) is 12.4 Å². The lowest BCUT2D eigenvalue weighted by atomic mass is 9.95. The van der Waals surface area contributed by atoms with Crippen LogP contribution in [0.5, 0.6) is 0 Å². The van der Waals surface area contributed by atoms with Crippen LogP contribution in [0.25, 0.3) is 0 Å². The molecule has 0 saturated heterocycles. The zero-order chi connectivity index (χ0) is 14.5. The van der Waals surface area contributed by atoms with Crippen LogP contribution in [0.4, 0.5) is 11.9 Å². The van der Waals surface area contributed by atoms with Gasteiger partial charge in [-0.3, -0.25) is 4.79 Å². The fourth-order valence-electron chi connectivity index (χ4n) is 1.95. The second-order valence-corrected chi connectivity index (χ2v) is 4.89. The molecule has 20 heavy (non-hydrogen) atoms. The van der Waals surface area contributed by atoms with Crippen LogP contribution in [0, 0.1) is 5.92 Å². The highest BCUT2D eigenvalue weighted by molar-refractivity contribution is 5.72. The quantitative estimate of drug-likeness (QED) is 0.646. The Labute approximate surface area is 117 Å². The lowest BCUT2D eigenvalue weighted by Crippen LogP contribution is -2.20. The van der Waals surface area contributed by atoms with Crippen LogP contribution in [0.3, 0.4) is 0 Å². The summed E-state index contributed by atoms with van der Waals surface area (Å²) in [5.74, 6) is 0.660. The second-order valence-electron chi connectivity index (χ2n) is 4.89. The average Bonchev–Trinajstić information content (AvgIpc) is 2.45. The Bertz CT molecular complexity index is 515. The van der Waals surface area contributed by atoms with Gasteiger partial charge in [0.05, 0.1) is 5.92 Å². The summed E-state index contributed by atoms with van der Waals surface area (Å²) < 4.78 is 5.26. The van der Waals surface area contributed by atoms with Gasteiger partial charge in [0.2, 0.25) is 11.9 Å². The van der Waals surface area contributed by atoms with Crippen LogP contribution >= 0.6 is 0 Å². The molecule has 0 aromatic carbocycles. The van der Waals surface area contributed by atoms with Gasteiger partial charge in [0.25, 0.3) is 0 Å². The summed E-state index contributed by atoms with van der Waals surface area (Å²) >= 11 is 0. The van der Waals surface area contributed by atoms with Gasteiger partial charge in [-0.25, -0.2) is 0 Å². The number of anilines is 2. The maximum Gasteiger partial charge on any atom is 0.309 e. The molecule has 1 aromatic heterocycles. The minimum absolute atomic E-state index is 0.0204. The van der Waals surface area contributed by atoms with E-state index in [0.717, 1.165) is 19.3 Å². The molecule has 108 valence electrons. The summed E-state index contributed by atoms with van der Waals surface area (Å²) in [6.07, 6.45) is 6.59. The number of ether oxygens (including phenoxy) is 1. The third-order valence-corrected chi connectivity index (χ3v) is 3.03. The van der Waals surface area contributed by atoms with E-state index in [9.17, 15) is 4.79 Å². The molecule has 0 unspecified atom stereocenters. The number of esters is 1. The Kier molecular flexibility index (Phi) is 4.49. The molecule has 7 nitrogen and oxygen atoms in total. The first-order valence-electron chi connectivity index (χ1n) is 6.55. The molecule has 2 N–H and O–H groups in total.